The first-order valence-corrected chi connectivity index (χ1v) is 8.04. The summed E-state index contributed by atoms with van der Waals surface area (Å²) in [5.74, 6) is 2.50. The molecule has 0 bridgehead atoms. The van der Waals surface area contributed by atoms with Crippen LogP contribution in [-0.2, 0) is 4.74 Å². The number of rotatable bonds is 8. The average molecular weight is 260 g/mol. The lowest BCUT2D eigenvalue weighted by Crippen LogP contribution is -2.54. The van der Waals surface area contributed by atoms with Gasteiger partial charge in [-0.05, 0) is 26.4 Å². The van der Waals surface area contributed by atoms with Crippen LogP contribution in [0.4, 0.5) is 0 Å². The molecule has 2 atom stereocenters. The molecule has 102 valence electrons. The van der Waals surface area contributed by atoms with Crippen LogP contribution >= 0.6 is 11.8 Å². The van der Waals surface area contributed by atoms with Crippen LogP contribution in [0.3, 0.4) is 0 Å². The van der Waals surface area contributed by atoms with Crippen molar-refractivity contribution in [2.45, 2.75) is 38.8 Å². The minimum atomic E-state index is 0.485. The van der Waals surface area contributed by atoms with Crippen molar-refractivity contribution in [2.75, 3.05) is 44.9 Å². The van der Waals surface area contributed by atoms with Gasteiger partial charge in [0.05, 0.1) is 6.61 Å². The number of nitrogens with zero attached hydrogens (tertiary/aromatic N) is 1. The van der Waals surface area contributed by atoms with Gasteiger partial charge < -0.3 is 15.0 Å². The molecule has 0 aromatic heterocycles. The fourth-order valence-electron chi connectivity index (χ4n) is 2.12. The summed E-state index contributed by atoms with van der Waals surface area (Å²) >= 11 is 2.07. The number of nitrogens with one attached hydrogen (secondary N) is 1. The van der Waals surface area contributed by atoms with Gasteiger partial charge in [-0.25, -0.2) is 0 Å². The smallest absolute Gasteiger partial charge is 0.0635 e. The minimum absolute atomic E-state index is 0.485. The number of likely N-dealkylation sites (N-methyl/N-ethyl adjacent to an activating group) is 1. The number of ether oxygens (including phenoxy) is 1. The number of hydrogen-bond donors (Lipinski definition) is 1. The topological polar surface area (TPSA) is 24.5 Å². The average Bonchev–Trinajstić information content (AvgIpc) is 2.35. The SMILES string of the molecule is CCCNC(COCCC)C1CSCCN1C. The van der Waals surface area contributed by atoms with Gasteiger partial charge in [0.2, 0.25) is 0 Å². The highest BCUT2D eigenvalue weighted by molar-refractivity contribution is 7.99. The molecule has 17 heavy (non-hydrogen) atoms. The zero-order valence-corrected chi connectivity index (χ0v) is 12.4. The van der Waals surface area contributed by atoms with Gasteiger partial charge in [0.15, 0.2) is 0 Å². The van der Waals surface area contributed by atoms with Crippen molar-refractivity contribution in [1.29, 1.82) is 0 Å². The Kier molecular flexibility index (Phi) is 8.27. The van der Waals surface area contributed by atoms with Crippen molar-refractivity contribution in [3.8, 4) is 0 Å². The fourth-order valence-corrected chi connectivity index (χ4v) is 3.43. The molecule has 1 rings (SSSR count). The van der Waals surface area contributed by atoms with Crippen LogP contribution in [0.2, 0.25) is 0 Å². The summed E-state index contributed by atoms with van der Waals surface area (Å²) in [4.78, 5) is 2.49. The highest BCUT2D eigenvalue weighted by Gasteiger charge is 2.27. The van der Waals surface area contributed by atoms with Gasteiger partial charge in [0, 0.05) is 36.7 Å². The first-order valence-electron chi connectivity index (χ1n) is 6.88. The van der Waals surface area contributed by atoms with E-state index in [4.69, 9.17) is 4.74 Å². The molecule has 4 heteroatoms. The van der Waals surface area contributed by atoms with Crippen LogP contribution < -0.4 is 5.32 Å². The van der Waals surface area contributed by atoms with E-state index in [1.165, 1.54) is 24.5 Å². The minimum Gasteiger partial charge on any atom is -0.380 e. The van der Waals surface area contributed by atoms with Crippen LogP contribution in [0, 0.1) is 0 Å². The Hall–Kier alpha value is 0.230. The maximum atomic E-state index is 5.75. The molecule has 1 aliphatic heterocycles. The fraction of sp³-hybridized carbons (Fsp3) is 1.00. The Morgan fingerprint density at radius 2 is 2.24 bits per heavy atom. The van der Waals surface area contributed by atoms with Crippen LogP contribution in [0.1, 0.15) is 26.7 Å². The van der Waals surface area contributed by atoms with Crippen LogP contribution in [-0.4, -0.2) is 61.8 Å². The van der Waals surface area contributed by atoms with Crippen LogP contribution in [0.5, 0.6) is 0 Å². The zero-order valence-electron chi connectivity index (χ0n) is 11.6. The van der Waals surface area contributed by atoms with E-state index in [0.717, 1.165) is 26.2 Å². The number of thioether (sulfide) groups is 1. The predicted molar refractivity (Wildman–Crippen MR) is 76.9 cm³/mol. The predicted octanol–water partition coefficient (Wildman–Crippen LogP) is 1.83. The molecule has 0 spiro atoms. The Bertz CT molecular complexity index is 192. The lowest BCUT2D eigenvalue weighted by Gasteiger charge is -2.38. The molecule has 0 saturated carbocycles. The van der Waals surface area contributed by atoms with E-state index in [-0.39, 0.29) is 0 Å². The molecule has 0 amide bonds. The highest BCUT2D eigenvalue weighted by atomic mass is 32.2. The Morgan fingerprint density at radius 1 is 1.41 bits per heavy atom. The molecular formula is C13H28N2OS. The Labute approximate surface area is 111 Å². The second-order valence-electron chi connectivity index (χ2n) is 4.76. The molecular weight excluding hydrogens is 232 g/mol. The Balaban J connectivity index is 2.41. The first kappa shape index (κ1) is 15.3. The van der Waals surface area contributed by atoms with Gasteiger partial charge in [0.25, 0.3) is 0 Å². The third-order valence-electron chi connectivity index (χ3n) is 3.21. The lowest BCUT2D eigenvalue weighted by atomic mass is 10.1. The van der Waals surface area contributed by atoms with Gasteiger partial charge in [-0.2, -0.15) is 11.8 Å². The second-order valence-corrected chi connectivity index (χ2v) is 5.91. The normalized spacial score (nSPS) is 23.8. The van der Waals surface area contributed by atoms with E-state index >= 15 is 0 Å². The molecule has 0 radical (unpaired) electrons. The Morgan fingerprint density at radius 3 is 2.88 bits per heavy atom. The lowest BCUT2D eigenvalue weighted by molar-refractivity contribution is 0.0808. The molecule has 0 aromatic carbocycles. The van der Waals surface area contributed by atoms with Gasteiger partial charge in [-0.1, -0.05) is 13.8 Å². The third kappa shape index (κ3) is 5.60. The van der Waals surface area contributed by atoms with Crippen LogP contribution in [0.15, 0.2) is 0 Å². The van der Waals surface area contributed by atoms with Crippen molar-refractivity contribution in [3.63, 3.8) is 0 Å². The van der Waals surface area contributed by atoms with Gasteiger partial charge in [0.1, 0.15) is 0 Å². The highest BCUT2D eigenvalue weighted by Crippen LogP contribution is 2.17. The van der Waals surface area contributed by atoms with Crippen molar-refractivity contribution in [2.24, 2.45) is 0 Å². The van der Waals surface area contributed by atoms with Gasteiger partial charge >= 0.3 is 0 Å². The molecule has 1 saturated heterocycles. The van der Waals surface area contributed by atoms with Gasteiger partial charge in [-0.3, -0.25) is 0 Å². The van der Waals surface area contributed by atoms with Crippen LogP contribution in [0.25, 0.3) is 0 Å². The van der Waals surface area contributed by atoms with Gasteiger partial charge in [-0.15, -0.1) is 0 Å². The maximum absolute atomic E-state index is 5.75. The third-order valence-corrected chi connectivity index (χ3v) is 4.26. The van der Waals surface area contributed by atoms with E-state index in [2.05, 4.69) is 42.9 Å². The standard InChI is InChI=1S/C13H28N2OS/c1-4-6-14-12(10-16-8-5-2)13-11-17-9-7-15(13)3/h12-14H,4-11H2,1-3H3. The molecule has 1 N–H and O–H groups in total. The largest absolute Gasteiger partial charge is 0.380 e. The first-order chi connectivity index (χ1) is 8.29. The van der Waals surface area contributed by atoms with Crippen molar-refractivity contribution in [3.05, 3.63) is 0 Å². The molecule has 3 nitrogen and oxygen atoms in total. The summed E-state index contributed by atoms with van der Waals surface area (Å²) in [6, 6.07) is 1.11. The molecule has 1 heterocycles. The summed E-state index contributed by atoms with van der Waals surface area (Å²) < 4.78 is 5.75. The summed E-state index contributed by atoms with van der Waals surface area (Å²) in [5, 5.41) is 3.65. The molecule has 1 aliphatic rings. The van der Waals surface area contributed by atoms with E-state index in [9.17, 15) is 0 Å². The molecule has 0 aliphatic carbocycles. The zero-order chi connectivity index (χ0) is 12.5. The quantitative estimate of drug-likeness (QED) is 0.673. The van der Waals surface area contributed by atoms with E-state index in [1.807, 2.05) is 0 Å². The monoisotopic (exact) mass is 260 g/mol. The summed E-state index contributed by atoms with van der Waals surface area (Å²) in [7, 11) is 2.24. The maximum Gasteiger partial charge on any atom is 0.0635 e. The second kappa shape index (κ2) is 9.20. The summed E-state index contributed by atoms with van der Waals surface area (Å²) in [6.07, 6.45) is 2.30. The van der Waals surface area contributed by atoms with E-state index in [1.54, 1.807) is 0 Å². The molecule has 1 fully saturated rings. The van der Waals surface area contributed by atoms with Crippen molar-refractivity contribution >= 4 is 11.8 Å². The number of hydrogen-bond acceptors (Lipinski definition) is 4. The van der Waals surface area contributed by atoms with Crippen molar-refractivity contribution < 1.29 is 4.74 Å². The molecule has 0 aromatic rings. The summed E-state index contributed by atoms with van der Waals surface area (Å²) in [5.41, 5.74) is 0. The molecule has 2 unspecified atom stereocenters. The van der Waals surface area contributed by atoms with E-state index in [0.29, 0.717) is 12.1 Å². The van der Waals surface area contributed by atoms with Crippen molar-refractivity contribution in [1.82, 2.24) is 10.2 Å². The summed E-state index contributed by atoms with van der Waals surface area (Å²) in [6.45, 7) is 8.41. The van der Waals surface area contributed by atoms with E-state index < -0.39 is 0 Å².